The highest BCUT2D eigenvalue weighted by molar-refractivity contribution is 7.92. The number of hydrogen-bond acceptors (Lipinski definition) is 6. The lowest BCUT2D eigenvalue weighted by molar-refractivity contribution is -0.137. The largest absolute Gasteiger partial charge is 0.478 e. The van der Waals surface area contributed by atoms with Crippen LogP contribution in [0.3, 0.4) is 0 Å². The third kappa shape index (κ3) is 5.51. The normalized spacial score (nSPS) is 16.4. The van der Waals surface area contributed by atoms with E-state index in [2.05, 4.69) is 18.8 Å². The van der Waals surface area contributed by atoms with Gasteiger partial charge in [-0.15, -0.1) is 11.3 Å². The number of hydrogen-bond donors (Lipinski definition) is 2. The van der Waals surface area contributed by atoms with Gasteiger partial charge in [-0.25, -0.2) is 9.78 Å². The van der Waals surface area contributed by atoms with Crippen LogP contribution in [-0.2, 0) is 16.2 Å². The van der Waals surface area contributed by atoms with Crippen LogP contribution in [0.25, 0.3) is 10.6 Å². The number of benzene rings is 2. The monoisotopic (exact) mass is 567 g/mol. The number of nitrogens with zero attached hydrogens (tertiary/aromatic N) is 2. The SMILES string of the molecule is CN(c1ccc(C(=O)O)cc1N)S(=O)(=O)c1csc(-c2ccc(C3CCC(C)(C)CC3)cc2C(F)(F)F)n1. The van der Waals surface area contributed by atoms with E-state index < -0.39 is 32.8 Å². The van der Waals surface area contributed by atoms with Crippen molar-refractivity contribution >= 4 is 38.7 Å². The molecule has 0 saturated heterocycles. The zero-order chi connectivity index (χ0) is 28.0. The van der Waals surface area contributed by atoms with Gasteiger partial charge in [0.2, 0.25) is 0 Å². The Morgan fingerprint density at radius 3 is 2.39 bits per heavy atom. The molecule has 38 heavy (non-hydrogen) atoms. The maximum atomic E-state index is 14.1. The van der Waals surface area contributed by atoms with Gasteiger partial charge in [-0.1, -0.05) is 26.0 Å². The molecule has 0 unspecified atom stereocenters. The second kappa shape index (κ2) is 9.88. The van der Waals surface area contributed by atoms with Gasteiger partial charge in [-0.2, -0.15) is 21.6 Å². The van der Waals surface area contributed by atoms with Crippen LogP contribution in [-0.4, -0.2) is 31.5 Å². The van der Waals surface area contributed by atoms with Crippen LogP contribution in [0.15, 0.2) is 46.8 Å². The lowest BCUT2D eigenvalue weighted by Crippen LogP contribution is -2.27. The van der Waals surface area contributed by atoms with Crippen LogP contribution in [0.5, 0.6) is 0 Å². The van der Waals surface area contributed by atoms with E-state index in [-0.39, 0.29) is 38.8 Å². The fraction of sp³-hybridized carbons (Fsp3) is 0.385. The number of nitrogens with two attached hydrogens (primary N) is 1. The number of rotatable bonds is 6. The Labute approximate surface area is 223 Å². The van der Waals surface area contributed by atoms with Gasteiger partial charge in [0.15, 0.2) is 5.03 Å². The second-order valence-corrected chi connectivity index (χ2v) is 13.1. The molecule has 1 fully saturated rings. The van der Waals surface area contributed by atoms with Crippen molar-refractivity contribution in [3.05, 3.63) is 58.5 Å². The van der Waals surface area contributed by atoms with E-state index in [1.54, 1.807) is 6.07 Å². The molecule has 0 aliphatic heterocycles. The first-order chi connectivity index (χ1) is 17.6. The molecular weight excluding hydrogens is 539 g/mol. The summed E-state index contributed by atoms with van der Waals surface area (Å²) in [7, 11) is -3.09. The molecule has 204 valence electrons. The molecule has 12 heteroatoms. The minimum absolute atomic E-state index is 0.0144. The van der Waals surface area contributed by atoms with Crippen molar-refractivity contribution in [2.24, 2.45) is 5.41 Å². The average Bonchev–Trinajstić information content (AvgIpc) is 3.34. The number of thiazole rings is 1. The summed E-state index contributed by atoms with van der Waals surface area (Å²) < 4.78 is 69.6. The molecule has 0 spiro atoms. The van der Waals surface area contributed by atoms with Gasteiger partial charge in [0.1, 0.15) is 5.01 Å². The zero-order valence-corrected chi connectivity index (χ0v) is 22.7. The Hall–Kier alpha value is -3.12. The lowest BCUT2D eigenvalue weighted by atomic mass is 9.71. The highest BCUT2D eigenvalue weighted by Crippen LogP contribution is 2.45. The predicted molar refractivity (Wildman–Crippen MR) is 141 cm³/mol. The average molecular weight is 568 g/mol. The number of sulfonamides is 1. The molecule has 0 amide bonds. The number of aromatic carboxylic acids is 1. The van der Waals surface area contributed by atoms with Crippen LogP contribution < -0.4 is 10.0 Å². The quantitative estimate of drug-likeness (QED) is 0.324. The molecule has 1 heterocycles. The molecule has 1 aliphatic rings. The van der Waals surface area contributed by atoms with Crippen molar-refractivity contribution in [2.45, 2.75) is 56.7 Å². The fourth-order valence-corrected chi connectivity index (χ4v) is 7.04. The van der Waals surface area contributed by atoms with Crippen molar-refractivity contribution in [1.29, 1.82) is 0 Å². The lowest BCUT2D eigenvalue weighted by Gasteiger charge is -2.34. The first-order valence-corrected chi connectivity index (χ1v) is 14.2. The van der Waals surface area contributed by atoms with Gasteiger partial charge < -0.3 is 10.8 Å². The molecule has 2 aromatic carbocycles. The van der Waals surface area contributed by atoms with E-state index in [1.165, 1.54) is 36.7 Å². The number of carboxylic acids is 1. The van der Waals surface area contributed by atoms with Gasteiger partial charge in [-0.3, -0.25) is 4.31 Å². The zero-order valence-electron chi connectivity index (χ0n) is 21.0. The highest BCUT2D eigenvalue weighted by Gasteiger charge is 2.37. The summed E-state index contributed by atoms with van der Waals surface area (Å²) >= 11 is 0.798. The number of halogens is 3. The van der Waals surface area contributed by atoms with Gasteiger partial charge in [0, 0.05) is 18.0 Å². The van der Waals surface area contributed by atoms with Gasteiger partial charge >= 0.3 is 12.1 Å². The third-order valence-electron chi connectivity index (χ3n) is 7.11. The molecule has 0 radical (unpaired) electrons. The van der Waals surface area contributed by atoms with Crippen molar-refractivity contribution < 1.29 is 31.5 Å². The second-order valence-electron chi connectivity index (χ2n) is 10.3. The first kappa shape index (κ1) is 27.9. The van der Waals surface area contributed by atoms with Crippen molar-refractivity contribution in [1.82, 2.24) is 4.98 Å². The van der Waals surface area contributed by atoms with Crippen molar-refractivity contribution in [2.75, 3.05) is 17.1 Å². The molecule has 1 aliphatic carbocycles. The third-order valence-corrected chi connectivity index (χ3v) is 9.79. The van der Waals surface area contributed by atoms with Crippen LogP contribution in [0, 0.1) is 5.41 Å². The standard InChI is InChI=1S/C26H28F3N3O4S2/c1-25(2)10-8-15(9-11-25)16-4-6-18(19(12-16)26(27,28)29)23-31-22(14-37-23)38(35,36)32(3)21-7-5-17(24(33)34)13-20(21)30/h4-7,12-15H,8-11,30H2,1-3H3,(H,33,34). The van der Waals surface area contributed by atoms with Crippen LogP contribution >= 0.6 is 11.3 Å². The molecule has 3 aromatic rings. The van der Waals surface area contributed by atoms with Crippen LogP contribution in [0.2, 0.25) is 0 Å². The molecular formula is C26H28F3N3O4S2. The molecule has 1 saturated carbocycles. The van der Waals surface area contributed by atoms with Gasteiger partial charge in [0.05, 0.1) is 22.5 Å². The Bertz CT molecular complexity index is 1470. The van der Waals surface area contributed by atoms with E-state index in [9.17, 15) is 26.4 Å². The summed E-state index contributed by atoms with van der Waals surface area (Å²) in [4.78, 5) is 15.2. The summed E-state index contributed by atoms with van der Waals surface area (Å²) in [6, 6.07) is 7.80. The Morgan fingerprint density at radius 1 is 1.16 bits per heavy atom. The number of aromatic nitrogens is 1. The summed E-state index contributed by atoms with van der Waals surface area (Å²) in [6.45, 7) is 4.33. The Balaban J connectivity index is 1.67. The number of carboxylic acid groups (broad SMARTS) is 1. The smallest absolute Gasteiger partial charge is 0.417 e. The molecule has 4 rings (SSSR count). The van der Waals surface area contributed by atoms with E-state index in [0.717, 1.165) is 47.4 Å². The fourth-order valence-electron chi connectivity index (χ4n) is 4.71. The molecule has 7 nitrogen and oxygen atoms in total. The summed E-state index contributed by atoms with van der Waals surface area (Å²) in [5, 5.41) is 9.77. The molecule has 0 bridgehead atoms. The first-order valence-electron chi connectivity index (χ1n) is 11.9. The van der Waals surface area contributed by atoms with E-state index in [0.29, 0.717) is 5.56 Å². The number of anilines is 2. The topological polar surface area (TPSA) is 114 Å². The molecule has 0 atom stereocenters. The van der Waals surface area contributed by atoms with Crippen molar-refractivity contribution in [3.63, 3.8) is 0 Å². The maximum Gasteiger partial charge on any atom is 0.417 e. The van der Waals surface area contributed by atoms with Crippen molar-refractivity contribution in [3.8, 4) is 10.6 Å². The maximum absolute atomic E-state index is 14.1. The minimum atomic E-state index is -4.65. The van der Waals surface area contributed by atoms with Crippen LogP contribution in [0.1, 0.15) is 66.9 Å². The molecule has 3 N–H and O–H groups in total. The van der Waals surface area contributed by atoms with E-state index in [4.69, 9.17) is 10.8 Å². The highest BCUT2D eigenvalue weighted by atomic mass is 32.2. The number of carbonyl (C=O) groups is 1. The van der Waals surface area contributed by atoms with E-state index >= 15 is 0 Å². The van der Waals surface area contributed by atoms with Gasteiger partial charge in [-0.05, 0) is 66.8 Å². The minimum Gasteiger partial charge on any atom is -0.478 e. The van der Waals surface area contributed by atoms with E-state index in [1.807, 2.05) is 0 Å². The Morgan fingerprint density at radius 2 is 1.82 bits per heavy atom. The molecule has 1 aromatic heterocycles. The Kier molecular flexibility index (Phi) is 7.26. The number of alkyl halides is 3. The van der Waals surface area contributed by atoms with Crippen LogP contribution in [0.4, 0.5) is 24.5 Å². The summed E-state index contributed by atoms with van der Waals surface area (Å²) in [6.07, 6.45) is -1.16. The summed E-state index contributed by atoms with van der Waals surface area (Å²) in [5.74, 6) is -1.19. The van der Waals surface area contributed by atoms with Gasteiger partial charge in [0.25, 0.3) is 10.0 Å². The number of nitrogen functional groups attached to an aromatic ring is 1. The summed E-state index contributed by atoms with van der Waals surface area (Å²) in [5.41, 5.74) is 5.46. The predicted octanol–water partition coefficient (Wildman–Crippen LogP) is 6.62.